The first-order chi connectivity index (χ1) is 11.7. The smallest absolute Gasteiger partial charge is 0.224 e. The van der Waals surface area contributed by atoms with E-state index in [-0.39, 0.29) is 25.0 Å². The molecule has 0 saturated carbocycles. The van der Waals surface area contributed by atoms with E-state index in [0.29, 0.717) is 12.2 Å². The Morgan fingerprint density at radius 3 is 2.75 bits per heavy atom. The molecule has 5 heteroatoms. The van der Waals surface area contributed by atoms with Crippen LogP contribution in [0.1, 0.15) is 22.7 Å². The lowest BCUT2D eigenvalue weighted by Crippen LogP contribution is -2.34. The Morgan fingerprint density at radius 1 is 1.25 bits per heavy atom. The second-order valence-corrected chi connectivity index (χ2v) is 5.78. The number of nitriles is 1. The van der Waals surface area contributed by atoms with Crippen molar-refractivity contribution in [2.45, 2.75) is 25.0 Å². The molecule has 2 atom stereocenters. The first-order valence-electron chi connectivity index (χ1n) is 7.81. The van der Waals surface area contributed by atoms with Gasteiger partial charge < -0.3 is 15.2 Å². The van der Waals surface area contributed by atoms with E-state index in [1.807, 2.05) is 30.3 Å². The molecule has 0 spiro atoms. The van der Waals surface area contributed by atoms with Crippen LogP contribution in [0.4, 0.5) is 0 Å². The fourth-order valence-corrected chi connectivity index (χ4v) is 2.98. The first kappa shape index (κ1) is 16.0. The zero-order valence-electron chi connectivity index (χ0n) is 13.1. The van der Waals surface area contributed by atoms with Crippen molar-refractivity contribution < 1.29 is 14.6 Å². The van der Waals surface area contributed by atoms with Crippen LogP contribution in [0, 0.1) is 11.3 Å². The Hall–Kier alpha value is -2.84. The van der Waals surface area contributed by atoms with E-state index < -0.39 is 6.10 Å². The molecule has 3 rings (SSSR count). The maximum absolute atomic E-state index is 12.3. The minimum atomic E-state index is -0.590. The van der Waals surface area contributed by atoms with Gasteiger partial charge in [0.1, 0.15) is 11.8 Å². The molecule has 0 bridgehead atoms. The number of hydrogen-bond acceptors (Lipinski definition) is 4. The number of nitrogens with one attached hydrogen (secondary N) is 1. The van der Waals surface area contributed by atoms with E-state index in [0.717, 1.165) is 16.7 Å². The van der Waals surface area contributed by atoms with E-state index in [1.54, 1.807) is 24.3 Å². The molecule has 2 aromatic carbocycles. The van der Waals surface area contributed by atoms with Gasteiger partial charge in [0.05, 0.1) is 18.6 Å². The van der Waals surface area contributed by atoms with Crippen LogP contribution in [0.25, 0.3) is 0 Å². The van der Waals surface area contributed by atoms with Crippen LogP contribution < -0.4 is 10.1 Å². The second-order valence-electron chi connectivity index (χ2n) is 5.78. The summed E-state index contributed by atoms with van der Waals surface area (Å²) in [6, 6.07) is 16.4. The fourth-order valence-electron chi connectivity index (χ4n) is 2.98. The van der Waals surface area contributed by atoms with Crippen molar-refractivity contribution in [3.8, 4) is 11.8 Å². The van der Waals surface area contributed by atoms with E-state index in [9.17, 15) is 9.90 Å². The minimum absolute atomic E-state index is 0.00118. The number of benzene rings is 2. The maximum Gasteiger partial charge on any atom is 0.224 e. The molecule has 2 N–H and O–H groups in total. The molecule has 1 aliphatic rings. The topological polar surface area (TPSA) is 82.3 Å². The summed E-state index contributed by atoms with van der Waals surface area (Å²) in [5.41, 5.74) is 2.91. The summed E-state index contributed by atoms with van der Waals surface area (Å²) in [5, 5.41) is 21.6. The Bertz CT molecular complexity index is 765. The van der Waals surface area contributed by atoms with Crippen LogP contribution in [0.2, 0.25) is 0 Å². The quantitative estimate of drug-likeness (QED) is 0.881. The second kappa shape index (κ2) is 7.16. The van der Waals surface area contributed by atoms with E-state index >= 15 is 0 Å². The molecule has 0 aliphatic heterocycles. The summed E-state index contributed by atoms with van der Waals surface area (Å²) in [6.45, 7) is -0.00118. The lowest BCUT2D eigenvalue weighted by molar-refractivity contribution is -0.121. The van der Waals surface area contributed by atoms with Gasteiger partial charge in [0.15, 0.2) is 6.61 Å². The molecule has 0 fully saturated rings. The standard InChI is InChI=1S/C19H18N2O3/c20-9-10-24-15-7-5-13(6-8-15)11-18(23)21-19-16-4-2-1-3-14(16)12-17(19)22/h1-8,17,19,22H,10-12H2,(H,21,23). The van der Waals surface area contributed by atoms with Gasteiger partial charge in [-0.05, 0) is 28.8 Å². The molecule has 2 unspecified atom stereocenters. The van der Waals surface area contributed by atoms with Crippen molar-refractivity contribution in [2.24, 2.45) is 0 Å². The van der Waals surface area contributed by atoms with Crippen molar-refractivity contribution in [3.63, 3.8) is 0 Å². The fraction of sp³-hybridized carbons (Fsp3) is 0.263. The van der Waals surface area contributed by atoms with E-state index in [1.165, 1.54) is 0 Å². The lowest BCUT2D eigenvalue weighted by atomic mass is 10.1. The molecule has 122 valence electrons. The molecular formula is C19H18N2O3. The molecule has 1 amide bonds. The number of rotatable bonds is 5. The highest BCUT2D eigenvalue weighted by atomic mass is 16.5. The lowest BCUT2D eigenvalue weighted by Gasteiger charge is -2.18. The van der Waals surface area contributed by atoms with Gasteiger partial charge in [-0.3, -0.25) is 4.79 Å². The van der Waals surface area contributed by atoms with Crippen molar-refractivity contribution in [1.82, 2.24) is 5.32 Å². The van der Waals surface area contributed by atoms with Gasteiger partial charge in [0, 0.05) is 6.42 Å². The van der Waals surface area contributed by atoms with Gasteiger partial charge >= 0.3 is 0 Å². The number of hydrogen-bond donors (Lipinski definition) is 2. The molecule has 0 radical (unpaired) electrons. The van der Waals surface area contributed by atoms with Crippen LogP contribution in [0.3, 0.4) is 0 Å². The highest BCUT2D eigenvalue weighted by Crippen LogP contribution is 2.31. The number of amides is 1. The predicted molar refractivity (Wildman–Crippen MR) is 88.3 cm³/mol. The Morgan fingerprint density at radius 2 is 2.00 bits per heavy atom. The number of aliphatic hydroxyl groups is 1. The number of carbonyl (C=O) groups is 1. The zero-order chi connectivity index (χ0) is 16.9. The van der Waals surface area contributed by atoms with Crippen molar-refractivity contribution in [2.75, 3.05) is 6.61 Å². The Kier molecular flexibility index (Phi) is 4.78. The summed E-state index contributed by atoms with van der Waals surface area (Å²) in [4.78, 5) is 12.3. The van der Waals surface area contributed by atoms with Crippen LogP contribution in [-0.2, 0) is 17.6 Å². The SMILES string of the molecule is N#CCOc1ccc(CC(=O)NC2c3ccccc3CC2O)cc1. The number of ether oxygens (including phenoxy) is 1. The van der Waals surface area contributed by atoms with Crippen molar-refractivity contribution >= 4 is 5.91 Å². The molecule has 24 heavy (non-hydrogen) atoms. The Labute approximate surface area is 140 Å². The van der Waals surface area contributed by atoms with Gasteiger partial charge in [-0.25, -0.2) is 0 Å². The third kappa shape index (κ3) is 3.55. The van der Waals surface area contributed by atoms with Gasteiger partial charge in [-0.15, -0.1) is 0 Å². The molecule has 0 heterocycles. The molecular weight excluding hydrogens is 304 g/mol. The van der Waals surface area contributed by atoms with Gasteiger partial charge in [-0.2, -0.15) is 5.26 Å². The summed E-state index contributed by atoms with van der Waals surface area (Å²) in [6.07, 6.45) is 0.198. The van der Waals surface area contributed by atoms with Gasteiger partial charge in [0.2, 0.25) is 5.91 Å². The molecule has 2 aromatic rings. The summed E-state index contributed by atoms with van der Waals surface area (Å²) < 4.78 is 5.18. The van der Waals surface area contributed by atoms with Gasteiger partial charge in [-0.1, -0.05) is 36.4 Å². The summed E-state index contributed by atoms with van der Waals surface area (Å²) in [5.74, 6) is 0.460. The van der Waals surface area contributed by atoms with Crippen molar-refractivity contribution in [1.29, 1.82) is 5.26 Å². The number of carbonyl (C=O) groups excluding carboxylic acids is 1. The average molecular weight is 322 g/mol. The highest BCUT2D eigenvalue weighted by molar-refractivity contribution is 5.79. The highest BCUT2D eigenvalue weighted by Gasteiger charge is 2.31. The number of nitrogens with zero attached hydrogens (tertiary/aromatic N) is 1. The monoisotopic (exact) mass is 322 g/mol. The minimum Gasteiger partial charge on any atom is -0.479 e. The van der Waals surface area contributed by atoms with Crippen LogP contribution in [0.15, 0.2) is 48.5 Å². The first-order valence-corrected chi connectivity index (χ1v) is 7.81. The molecule has 1 aliphatic carbocycles. The van der Waals surface area contributed by atoms with Crippen LogP contribution in [0.5, 0.6) is 5.75 Å². The van der Waals surface area contributed by atoms with Crippen LogP contribution >= 0.6 is 0 Å². The number of aliphatic hydroxyl groups excluding tert-OH is 1. The molecule has 0 aromatic heterocycles. The average Bonchev–Trinajstić information content (AvgIpc) is 2.90. The van der Waals surface area contributed by atoms with E-state index in [2.05, 4.69) is 5.32 Å². The van der Waals surface area contributed by atoms with Gasteiger partial charge in [0.25, 0.3) is 0 Å². The summed E-state index contributed by atoms with van der Waals surface area (Å²) >= 11 is 0. The van der Waals surface area contributed by atoms with Crippen LogP contribution in [-0.4, -0.2) is 23.7 Å². The summed E-state index contributed by atoms with van der Waals surface area (Å²) in [7, 11) is 0. The molecule has 0 saturated heterocycles. The predicted octanol–water partition coefficient (Wildman–Crippen LogP) is 1.91. The van der Waals surface area contributed by atoms with E-state index in [4.69, 9.17) is 10.00 Å². The third-order valence-corrected chi connectivity index (χ3v) is 4.11. The normalized spacial score (nSPS) is 18.5. The third-order valence-electron chi connectivity index (χ3n) is 4.11. The largest absolute Gasteiger partial charge is 0.479 e. The van der Waals surface area contributed by atoms with Crippen molar-refractivity contribution in [3.05, 3.63) is 65.2 Å². The maximum atomic E-state index is 12.3. The Balaban J connectivity index is 1.61. The zero-order valence-corrected chi connectivity index (χ0v) is 13.1. The number of fused-ring (bicyclic) bond motifs is 1. The molecule has 5 nitrogen and oxygen atoms in total.